The van der Waals surface area contributed by atoms with Crippen LogP contribution in [0.1, 0.15) is 41.6 Å². The number of nitrogens with zero attached hydrogens (tertiary/aromatic N) is 4. The Hall–Kier alpha value is -2.32. The lowest BCUT2D eigenvalue weighted by Gasteiger charge is -2.20. The van der Waals surface area contributed by atoms with E-state index in [0.717, 1.165) is 4.90 Å². The molecule has 1 aliphatic heterocycles. The van der Waals surface area contributed by atoms with E-state index >= 15 is 0 Å². The molecule has 9 heteroatoms. The average Bonchev–Trinajstić information content (AvgIpc) is 3.16. The highest BCUT2D eigenvalue weighted by atomic mass is 19.3. The number of halogens is 2. The Morgan fingerprint density at radius 3 is 3.05 bits per heavy atom. The second kappa shape index (κ2) is 4.90. The quantitative estimate of drug-likeness (QED) is 0.929. The molecule has 2 aromatic heterocycles. The van der Waals surface area contributed by atoms with Gasteiger partial charge in [0.05, 0.1) is 19.1 Å². The van der Waals surface area contributed by atoms with Crippen LogP contribution in [0.2, 0.25) is 0 Å². The zero-order valence-corrected chi connectivity index (χ0v) is 11.2. The van der Waals surface area contributed by atoms with E-state index < -0.39 is 30.8 Å². The number of aromatic amines is 1. The van der Waals surface area contributed by atoms with Gasteiger partial charge in [0.2, 0.25) is 5.89 Å². The fraction of sp³-hybridized carbons (Fsp3) is 0.500. The summed E-state index contributed by atoms with van der Waals surface area (Å²) in [5.41, 5.74) is 0.146. The third-order valence-electron chi connectivity index (χ3n) is 3.34. The van der Waals surface area contributed by atoms with Crippen LogP contribution in [-0.2, 0) is 6.42 Å². The van der Waals surface area contributed by atoms with Gasteiger partial charge in [-0.15, -0.1) is 0 Å². The standard InChI is InChI=1S/C12H13F2N5O2/c1-2-9-17-10(21-18-9)8-3-12(13,14)5-19(8)11(20)7-4-15-6-16-7/h4,6,8H,2-3,5H2,1H3,(H,15,16)/t8-/m0/s1. The van der Waals surface area contributed by atoms with E-state index in [0.29, 0.717) is 12.2 Å². The number of aromatic nitrogens is 4. The molecule has 1 saturated heterocycles. The van der Waals surface area contributed by atoms with Crippen LogP contribution in [0.5, 0.6) is 0 Å². The van der Waals surface area contributed by atoms with Gasteiger partial charge in [-0.05, 0) is 0 Å². The first-order valence-electron chi connectivity index (χ1n) is 6.50. The molecule has 7 nitrogen and oxygen atoms in total. The third kappa shape index (κ3) is 2.50. The largest absolute Gasteiger partial charge is 0.341 e. The fourth-order valence-electron chi connectivity index (χ4n) is 2.32. The lowest BCUT2D eigenvalue weighted by Crippen LogP contribution is -2.33. The Balaban J connectivity index is 1.91. The highest BCUT2D eigenvalue weighted by molar-refractivity contribution is 5.92. The van der Waals surface area contributed by atoms with Crippen LogP contribution in [0.3, 0.4) is 0 Å². The minimum absolute atomic E-state index is 0.0388. The average molecular weight is 297 g/mol. The number of H-pyrrole nitrogens is 1. The van der Waals surface area contributed by atoms with Gasteiger partial charge in [0, 0.05) is 12.8 Å². The highest BCUT2D eigenvalue weighted by Gasteiger charge is 2.50. The lowest BCUT2D eigenvalue weighted by molar-refractivity contribution is 0.0116. The van der Waals surface area contributed by atoms with Crippen LogP contribution >= 0.6 is 0 Å². The second-order valence-electron chi connectivity index (χ2n) is 4.88. The highest BCUT2D eigenvalue weighted by Crippen LogP contribution is 2.41. The Morgan fingerprint density at radius 2 is 2.43 bits per heavy atom. The summed E-state index contributed by atoms with van der Waals surface area (Å²) in [6.07, 6.45) is 2.61. The van der Waals surface area contributed by atoms with Gasteiger partial charge in [-0.25, -0.2) is 13.8 Å². The van der Waals surface area contributed by atoms with Gasteiger partial charge in [-0.2, -0.15) is 4.98 Å². The van der Waals surface area contributed by atoms with Crippen molar-refractivity contribution < 1.29 is 18.1 Å². The first kappa shape index (κ1) is 13.7. The summed E-state index contributed by atoms with van der Waals surface area (Å²) in [6.45, 7) is 1.14. The summed E-state index contributed by atoms with van der Waals surface area (Å²) in [7, 11) is 0. The molecular formula is C12H13F2N5O2. The summed E-state index contributed by atoms with van der Waals surface area (Å²) in [6, 6.07) is -0.927. The van der Waals surface area contributed by atoms with Crippen molar-refractivity contribution in [2.45, 2.75) is 31.7 Å². The molecule has 1 aliphatic rings. The fourth-order valence-corrected chi connectivity index (χ4v) is 2.32. The predicted octanol–water partition coefficient (Wildman–Crippen LogP) is 1.58. The van der Waals surface area contributed by atoms with Gasteiger partial charge in [-0.3, -0.25) is 4.79 Å². The molecule has 112 valence electrons. The Bertz CT molecular complexity index is 640. The normalized spacial score (nSPS) is 20.9. The van der Waals surface area contributed by atoms with Crippen molar-refractivity contribution in [2.75, 3.05) is 6.54 Å². The smallest absolute Gasteiger partial charge is 0.272 e. The molecule has 1 fully saturated rings. The number of aryl methyl sites for hydroxylation is 1. The van der Waals surface area contributed by atoms with E-state index in [2.05, 4.69) is 20.1 Å². The van der Waals surface area contributed by atoms with E-state index in [-0.39, 0.29) is 11.6 Å². The number of amides is 1. The summed E-state index contributed by atoms with van der Waals surface area (Å²) < 4.78 is 32.4. The molecule has 3 rings (SSSR count). The van der Waals surface area contributed by atoms with Gasteiger partial charge in [-0.1, -0.05) is 12.1 Å². The molecule has 0 radical (unpaired) electrons. The van der Waals surface area contributed by atoms with Gasteiger partial charge >= 0.3 is 0 Å². The molecule has 0 unspecified atom stereocenters. The maximum atomic E-state index is 13.7. The van der Waals surface area contributed by atoms with E-state index in [9.17, 15) is 13.6 Å². The summed E-state index contributed by atoms with van der Waals surface area (Å²) in [5, 5.41) is 3.69. The zero-order valence-electron chi connectivity index (χ0n) is 11.2. The molecule has 21 heavy (non-hydrogen) atoms. The number of hydrogen-bond donors (Lipinski definition) is 1. The Kier molecular flexibility index (Phi) is 3.19. The molecule has 0 aliphatic carbocycles. The van der Waals surface area contributed by atoms with Gasteiger partial charge in [0.15, 0.2) is 5.82 Å². The van der Waals surface area contributed by atoms with Crippen LogP contribution < -0.4 is 0 Å². The van der Waals surface area contributed by atoms with Crippen molar-refractivity contribution in [1.29, 1.82) is 0 Å². The molecule has 2 aromatic rings. The van der Waals surface area contributed by atoms with Gasteiger partial charge in [0.1, 0.15) is 11.7 Å². The minimum atomic E-state index is -2.98. The van der Waals surface area contributed by atoms with Gasteiger partial charge < -0.3 is 14.4 Å². The lowest BCUT2D eigenvalue weighted by atomic mass is 10.2. The van der Waals surface area contributed by atoms with E-state index in [1.807, 2.05) is 6.92 Å². The number of nitrogens with one attached hydrogen (secondary N) is 1. The maximum absolute atomic E-state index is 13.7. The topological polar surface area (TPSA) is 87.9 Å². The monoisotopic (exact) mass is 297 g/mol. The molecule has 1 atom stereocenters. The summed E-state index contributed by atoms with van der Waals surface area (Å²) >= 11 is 0. The maximum Gasteiger partial charge on any atom is 0.272 e. The van der Waals surface area contributed by atoms with Crippen LogP contribution in [0.4, 0.5) is 8.78 Å². The number of hydrogen-bond acceptors (Lipinski definition) is 5. The van der Waals surface area contributed by atoms with Crippen LogP contribution in [0, 0.1) is 0 Å². The summed E-state index contributed by atoms with van der Waals surface area (Å²) in [5.74, 6) is -3.08. The third-order valence-corrected chi connectivity index (χ3v) is 3.34. The number of alkyl halides is 2. The number of carbonyl (C=O) groups excluding carboxylic acids is 1. The molecule has 0 aromatic carbocycles. The van der Waals surface area contributed by atoms with Crippen molar-refractivity contribution in [3.63, 3.8) is 0 Å². The zero-order chi connectivity index (χ0) is 15.0. The van der Waals surface area contributed by atoms with E-state index in [1.165, 1.54) is 12.5 Å². The van der Waals surface area contributed by atoms with Crippen molar-refractivity contribution in [2.24, 2.45) is 0 Å². The number of carbonyl (C=O) groups is 1. The first-order chi connectivity index (χ1) is 10.00. The first-order valence-corrected chi connectivity index (χ1v) is 6.50. The predicted molar refractivity (Wildman–Crippen MR) is 65.6 cm³/mol. The molecule has 0 spiro atoms. The van der Waals surface area contributed by atoms with Crippen LogP contribution in [0.15, 0.2) is 17.0 Å². The molecule has 0 saturated carbocycles. The van der Waals surface area contributed by atoms with E-state index in [1.54, 1.807) is 0 Å². The number of rotatable bonds is 3. The van der Waals surface area contributed by atoms with Crippen LogP contribution in [-0.4, -0.2) is 43.4 Å². The molecule has 3 heterocycles. The molecule has 1 amide bonds. The molecular weight excluding hydrogens is 284 g/mol. The van der Waals surface area contributed by atoms with Crippen molar-refractivity contribution in [3.05, 3.63) is 29.9 Å². The number of imidazole rings is 1. The van der Waals surface area contributed by atoms with Crippen LogP contribution in [0.25, 0.3) is 0 Å². The van der Waals surface area contributed by atoms with E-state index in [4.69, 9.17) is 4.52 Å². The molecule has 0 bridgehead atoms. The number of likely N-dealkylation sites (tertiary alicyclic amines) is 1. The molecule has 1 N–H and O–H groups in total. The van der Waals surface area contributed by atoms with Gasteiger partial charge in [0.25, 0.3) is 11.8 Å². The van der Waals surface area contributed by atoms with Crippen molar-refractivity contribution >= 4 is 5.91 Å². The SMILES string of the molecule is CCc1noc([C@@H]2CC(F)(F)CN2C(=O)c2cnc[nH]2)n1. The second-order valence-corrected chi connectivity index (χ2v) is 4.88. The summed E-state index contributed by atoms with van der Waals surface area (Å²) in [4.78, 5) is 23.7. The Morgan fingerprint density at radius 1 is 1.62 bits per heavy atom. The van der Waals surface area contributed by atoms with Crippen molar-refractivity contribution in [3.8, 4) is 0 Å². The Labute approximate surface area is 118 Å². The minimum Gasteiger partial charge on any atom is -0.341 e. The van der Waals surface area contributed by atoms with Crippen molar-refractivity contribution in [1.82, 2.24) is 25.0 Å².